The molecule has 0 aliphatic heterocycles. The number of alkyl halides is 1. The lowest BCUT2D eigenvalue weighted by molar-refractivity contribution is -0.137. The zero-order valence-corrected chi connectivity index (χ0v) is 14.7. The van der Waals surface area contributed by atoms with Gasteiger partial charge in [0.15, 0.2) is 8.32 Å². The highest BCUT2D eigenvalue weighted by Crippen LogP contribution is 2.37. The number of carbonyl (C=O) groups is 1. The van der Waals surface area contributed by atoms with E-state index in [-0.39, 0.29) is 17.1 Å². The van der Waals surface area contributed by atoms with Crippen molar-refractivity contribution in [1.29, 1.82) is 0 Å². The summed E-state index contributed by atoms with van der Waals surface area (Å²) in [6.45, 7) is 13.1. The number of rotatable bonds is 7. The van der Waals surface area contributed by atoms with E-state index in [1.807, 2.05) is 0 Å². The van der Waals surface area contributed by atoms with E-state index in [1.54, 1.807) is 13.0 Å². The average molecular weight is 307 g/mol. The number of carbonyl (C=O) groups excluding carboxylic acids is 1. The van der Waals surface area contributed by atoms with Gasteiger partial charge >= 0.3 is 5.97 Å². The van der Waals surface area contributed by atoms with Crippen molar-refractivity contribution in [3.63, 3.8) is 0 Å². The van der Waals surface area contributed by atoms with Gasteiger partial charge in [-0.05, 0) is 31.5 Å². The predicted octanol–water partition coefficient (Wildman–Crippen LogP) is 4.13. The largest absolute Gasteiger partial charge is 0.463 e. The van der Waals surface area contributed by atoms with Crippen LogP contribution in [0.5, 0.6) is 0 Å². The quantitative estimate of drug-likeness (QED) is 0.307. The summed E-state index contributed by atoms with van der Waals surface area (Å²) in [7, 11) is -1.82. The van der Waals surface area contributed by atoms with Crippen molar-refractivity contribution in [2.24, 2.45) is 0 Å². The van der Waals surface area contributed by atoms with Gasteiger partial charge in [-0.2, -0.15) is 0 Å². The van der Waals surface area contributed by atoms with Gasteiger partial charge in [-0.3, -0.25) is 0 Å². The molecule has 0 spiro atoms. The topological polar surface area (TPSA) is 35.5 Å². The molecule has 19 heavy (non-hydrogen) atoms. The number of esters is 1. The Morgan fingerprint density at radius 2 is 1.95 bits per heavy atom. The number of halogens is 1. The second-order valence-electron chi connectivity index (χ2n) is 6.04. The van der Waals surface area contributed by atoms with Crippen molar-refractivity contribution < 1.29 is 14.0 Å². The third-order valence-corrected chi connectivity index (χ3v) is 8.26. The van der Waals surface area contributed by atoms with Crippen LogP contribution in [0, 0.1) is 0 Å². The summed E-state index contributed by atoms with van der Waals surface area (Å²) in [5.74, 6) is 0.114. The van der Waals surface area contributed by atoms with Gasteiger partial charge in [0.1, 0.15) is 0 Å². The highest BCUT2D eigenvalue weighted by Gasteiger charge is 2.38. The molecule has 0 unspecified atom stereocenters. The molecule has 0 saturated carbocycles. The van der Waals surface area contributed by atoms with Crippen molar-refractivity contribution in [3.05, 3.63) is 12.2 Å². The Morgan fingerprint density at radius 1 is 1.37 bits per heavy atom. The Bertz CT molecular complexity index is 308. The predicted molar refractivity (Wildman–Crippen MR) is 83.2 cm³/mol. The molecule has 3 nitrogen and oxygen atoms in total. The maximum absolute atomic E-state index is 11.2. The molecular weight excluding hydrogens is 280 g/mol. The SMILES string of the molecule is CCOC(=O)/C=C/C[C@H](CCl)O[Si](C)(C)C(C)(C)C. The van der Waals surface area contributed by atoms with Crippen LogP contribution in [-0.4, -0.2) is 32.9 Å². The number of hydrogen-bond acceptors (Lipinski definition) is 3. The van der Waals surface area contributed by atoms with Gasteiger partial charge in [0, 0.05) is 12.0 Å². The summed E-state index contributed by atoms with van der Waals surface area (Å²) in [6.07, 6.45) is 3.80. The van der Waals surface area contributed by atoms with Gasteiger partial charge < -0.3 is 9.16 Å². The van der Waals surface area contributed by atoms with Crippen LogP contribution in [0.2, 0.25) is 18.1 Å². The van der Waals surface area contributed by atoms with Crippen molar-refractivity contribution in [3.8, 4) is 0 Å². The summed E-state index contributed by atoms with van der Waals surface area (Å²) >= 11 is 5.95. The molecule has 112 valence electrons. The van der Waals surface area contributed by atoms with Crippen molar-refractivity contribution in [1.82, 2.24) is 0 Å². The van der Waals surface area contributed by atoms with Crippen LogP contribution in [0.1, 0.15) is 34.1 Å². The van der Waals surface area contributed by atoms with E-state index >= 15 is 0 Å². The molecule has 0 fully saturated rings. The van der Waals surface area contributed by atoms with Gasteiger partial charge in [0.05, 0.1) is 12.7 Å². The highest BCUT2D eigenvalue weighted by atomic mass is 35.5. The molecule has 0 aromatic carbocycles. The van der Waals surface area contributed by atoms with E-state index < -0.39 is 8.32 Å². The fourth-order valence-corrected chi connectivity index (χ4v) is 2.90. The third kappa shape index (κ3) is 7.13. The van der Waals surface area contributed by atoms with Gasteiger partial charge in [0.25, 0.3) is 0 Å². The van der Waals surface area contributed by atoms with E-state index in [2.05, 4.69) is 33.9 Å². The summed E-state index contributed by atoms with van der Waals surface area (Å²) in [4.78, 5) is 11.2. The second kappa shape index (κ2) is 8.07. The van der Waals surface area contributed by atoms with Crippen LogP contribution in [-0.2, 0) is 14.0 Å². The van der Waals surface area contributed by atoms with Crippen LogP contribution in [0.25, 0.3) is 0 Å². The van der Waals surface area contributed by atoms with Crippen LogP contribution in [0.3, 0.4) is 0 Å². The van der Waals surface area contributed by atoms with Crippen molar-refractivity contribution in [2.75, 3.05) is 12.5 Å². The first-order chi connectivity index (χ1) is 8.64. The third-order valence-electron chi connectivity index (χ3n) is 3.38. The first-order valence-corrected chi connectivity index (χ1v) is 10.2. The summed E-state index contributed by atoms with van der Waals surface area (Å²) < 4.78 is 11.0. The Labute approximate surface area is 123 Å². The standard InChI is InChI=1S/C14H27ClO3Si/c1-7-17-13(16)10-8-9-12(11-15)18-19(5,6)14(2,3)4/h8,10,12H,7,9,11H2,1-6H3/b10-8+/t12-/m1/s1. The zero-order chi connectivity index (χ0) is 15.1. The van der Waals surface area contributed by atoms with E-state index in [9.17, 15) is 4.79 Å². The maximum atomic E-state index is 11.2. The molecule has 0 aliphatic carbocycles. The Hall–Kier alpha value is -0.323. The van der Waals surface area contributed by atoms with Crippen LogP contribution >= 0.6 is 11.6 Å². The fourth-order valence-electron chi connectivity index (χ4n) is 1.24. The first kappa shape index (κ1) is 18.7. The monoisotopic (exact) mass is 306 g/mol. The van der Waals surface area contributed by atoms with Crippen LogP contribution in [0.15, 0.2) is 12.2 Å². The Balaban J connectivity index is 4.41. The lowest BCUT2D eigenvalue weighted by Crippen LogP contribution is -2.44. The number of ether oxygens (including phenoxy) is 1. The minimum atomic E-state index is -1.82. The lowest BCUT2D eigenvalue weighted by atomic mass is 10.2. The van der Waals surface area contributed by atoms with E-state index in [1.165, 1.54) is 6.08 Å². The Kier molecular flexibility index (Phi) is 7.94. The lowest BCUT2D eigenvalue weighted by Gasteiger charge is -2.38. The van der Waals surface area contributed by atoms with E-state index in [0.717, 1.165) is 0 Å². The van der Waals surface area contributed by atoms with Crippen molar-refractivity contribution >= 4 is 25.9 Å². The van der Waals surface area contributed by atoms with E-state index in [4.69, 9.17) is 20.8 Å². The highest BCUT2D eigenvalue weighted by molar-refractivity contribution is 6.74. The molecule has 0 aliphatic rings. The molecular formula is C14H27ClO3Si. The Morgan fingerprint density at radius 3 is 2.37 bits per heavy atom. The minimum Gasteiger partial charge on any atom is -0.463 e. The van der Waals surface area contributed by atoms with Gasteiger partial charge in [-0.25, -0.2) is 4.79 Å². The molecule has 0 rings (SSSR count). The maximum Gasteiger partial charge on any atom is 0.330 e. The van der Waals surface area contributed by atoms with Gasteiger partial charge in [0.2, 0.25) is 0 Å². The van der Waals surface area contributed by atoms with Gasteiger partial charge in [-0.15, -0.1) is 11.6 Å². The van der Waals surface area contributed by atoms with Crippen LogP contribution in [0.4, 0.5) is 0 Å². The van der Waals surface area contributed by atoms with Crippen LogP contribution < -0.4 is 0 Å². The van der Waals surface area contributed by atoms with Crippen molar-refractivity contribution in [2.45, 2.75) is 58.4 Å². The molecule has 5 heteroatoms. The second-order valence-corrected chi connectivity index (χ2v) is 11.1. The molecule has 0 amide bonds. The molecule has 0 radical (unpaired) electrons. The summed E-state index contributed by atoms with van der Waals surface area (Å²) in [6, 6.07) is 0. The fraction of sp³-hybridized carbons (Fsp3) is 0.786. The minimum absolute atomic E-state index is 0.0479. The summed E-state index contributed by atoms with van der Waals surface area (Å²) in [5, 5.41) is 0.155. The smallest absolute Gasteiger partial charge is 0.330 e. The first-order valence-electron chi connectivity index (χ1n) is 6.71. The molecule has 0 N–H and O–H groups in total. The summed E-state index contributed by atoms with van der Waals surface area (Å²) in [5.41, 5.74) is 0. The molecule has 0 heterocycles. The normalized spacial score (nSPS) is 14.7. The molecule has 0 saturated heterocycles. The zero-order valence-electron chi connectivity index (χ0n) is 13.0. The molecule has 0 aromatic rings. The van der Waals surface area contributed by atoms with Gasteiger partial charge in [-0.1, -0.05) is 26.8 Å². The molecule has 0 aromatic heterocycles. The number of hydrogen-bond donors (Lipinski definition) is 0. The van der Waals surface area contributed by atoms with E-state index in [0.29, 0.717) is 18.9 Å². The average Bonchev–Trinajstić information content (AvgIpc) is 2.26. The molecule has 0 bridgehead atoms. The molecule has 1 atom stereocenters.